The zero-order valence-corrected chi connectivity index (χ0v) is 9.80. The maximum Gasteiger partial charge on any atom is 0.0719 e. The summed E-state index contributed by atoms with van der Waals surface area (Å²) in [6.45, 7) is 3.78. The van der Waals surface area contributed by atoms with Gasteiger partial charge in [0.25, 0.3) is 0 Å². The van der Waals surface area contributed by atoms with E-state index in [0.717, 1.165) is 31.9 Å². The molecule has 1 aromatic heterocycles. The van der Waals surface area contributed by atoms with Crippen molar-refractivity contribution < 1.29 is 4.74 Å². The minimum Gasteiger partial charge on any atom is -0.396 e. The highest BCUT2D eigenvalue weighted by Gasteiger charge is 2.16. The Morgan fingerprint density at radius 3 is 3.19 bits per heavy atom. The van der Waals surface area contributed by atoms with E-state index in [1.54, 1.807) is 6.20 Å². The first-order valence-corrected chi connectivity index (χ1v) is 5.82. The van der Waals surface area contributed by atoms with Gasteiger partial charge in [-0.05, 0) is 19.9 Å². The number of hydrogen-bond acceptors (Lipinski definition) is 4. The average molecular weight is 224 g/mol. The standard InChI is InChI=1S/C11H20N4O/c1-14(9-11-3-2-6-16-11)4-5-15-8-10(12)7-13-15/h7-8,11H,2-6,9,12H2,1H3. The first kappa shape index (κ1) is 11.4. The van der Waals surface area contributed by atoms with Gasteiger partial charge in [0.1, 0.15) is 0 Å². The molecule has 1 aliphatic rings. The third kappa shape index (κ3) is 3.21. The molecule has 0 radical (unpaired) electrons. The second kappa shape index (κ2) is 5.32. The van der Waals surface area contributed by atoms with E-state index in [-0.39, 0.29) is 0 Å². The van der Waals surface area contributed by atoms with Gasteiger partial charge in [-0.15, -0.1) is 0 Å². The third-order valence-corrected chi connectivity index (χ3v) is 2.90. The number of anilines is 1. The summed E-state index contributed by atoms with van der Waals surface area (Å²) < 4.78 is 7.47. The summed E-state index contributed by atoms with van der Waals surface area (Å²) in [5, 5.41) is 4.15. The van der Waals surface area contributed by atoms with Gasteiger partial charge in [0.15, 0.2) is 0 Å². The Kier molecular flexibility index (Phi) is 3.79. The minimum absolute atomic E-state index is 0.424. The van der Waals surface area contributed by atoms with Crippen LogP contribution >= 0.6 is 0 Å². The molecule has 0 bridgehead atoms. The van der Waals surface area contributed by atoms with Gasteiger partial charge in [-0.1, -0.05) is 0 Å². The molecule has 90 valence electrons. The van der Waals surface area contributed by atoms with Crippen molar-refractivity contribution in [3.8, 4) is 0 Å². The van der Waals surface area contributed by atoms with E-state index in [1.807, 2.05) is 10.9 Å². The van der Waals surface area contributed by atoms with Crippen LogP contribution in [0.25, 0.3) is 0 Å². The first-order valence-electron chi connectivity index (χ1n) is 5.82. The van der Waals surface area contributed by atoms with Crippen LogP contribution in [0.3, 0.4) is 0 Å². The van der Waals surface area contributed by atoms with E-state index in [4.69, 9.17) is 10.5 Å². The Bertz CT molecular complexity index is 320. The van der Waals surface area contributed by atoms with E-state index in [2.05, 4.69) is 17.0 Å². The molecule has 0 spiro atoms. The smallest absolute Gasteiger partial charge is 0.0719 e. The van der Waals surface area contributed by atoms with Gasteiger partial charge in [-0.25, -0.2) is 0 Å². The molecule has 1 saturated heterocycles. The van der Waals surface area contributed by atoms with Gasteiger partial charge in [0.2, 0.25) is 0 Å². The predicted molar refractivity (Wildman–Crippen MR) is 63.1 cm³/mol. The quantitative estimate of drug-likeness (QED) is 0.794. The molecular formula is C11H20N4O. The SMILES string of the molecule is CN(CCn1cc(N)cn1)CC1CCCO1. The molecule has 2 rings (SSSR count). The highest BCUT2D eigenvalue weighted by atomic mass is 16.5. The number of nitrogens with two attached hydrogens (primary N) is 1. The van der Waals surface area contributed by atoms with E-state index in [0.29, 0.717) is 6.10 Å². The fraction of sp³-hybridized carbons (Fsp3) is 0.727. The van der Waals surface area contributed by atoms with Crippen molar-refractivity contribution in [1.82, 2.24) is 14.7 Å². The normalized spacial score (nSPS) is 20.8. The summed E-state index contributed by atoms with van der Waals surface area (Å²) in [6.07, 6.45) is 6.36. The van der Waals surface area contributed by atoms with E-state index >= 15 is 0 Å². The maximum absolute atomic E-state index is 5.60. The Morgan fingerprint density at radius 1 is 1.69 bits per heavy atom. The third-order valence-electron chi connectivity index (χ3n) is 2.90. The summed E-state index contributed by atoms with van der Waals surface area (Å²) in [5.41, 5.74) is 6.32. The van der Waals surface area contributed by atoms with Crippen LogP contribution < -0.4 is 5.73 Å². The number of ether oxygens (including phenoxy) is 1. The van der Waals surface area contributed by atoms with Crippen LogP contribution in [-0.2, 0) is 11.3 Å². The maximum atomic E-state index is 5.60. The molecule has 0 amide bonds. The highest BCUT2D eigenvalue weighted by Crippen LogP contribution is 2.12. The van der Waals surface area contributed by atoms with Gasteiger partial charge in [-0.2, -0.15) is 5.10 Å². The lowest BCUT2D eigenvalue weighted by atomic mass is 10.2. The van der Waals surface area contributed by atoms with E-state index < -0.39 is 0 Å². The Hall–Kier alpha value is -1.07. The van der Waals surface area contributed by atoms with Crippen LogP contribution in [0.15, 0.2) is 12.4 Å². The number of rotatable bonds is 5. The Morgan fingerprint density at radius 2 is 2.56 bits per heavy atom. The summed E-state index contributed by atoms with van der Waals surface area (Å²) >= 11 is 0. The van der Waals surface area contributed by atoms with Crippen LogP contribution in [0, 0.1) is 0 Å². The number of nitrogen functional groups attached to an aromatic ring is 1. The monoisotopic (exact) mass is 224 g/mol. The number of aromatic nitrogens is 2. The zero-order valence-electron chi connectivity index (χ0n) is 9.80. The Balaban J connectivity index is 1.68. The summed E-state index contributed by atoms with van der Waals surface area (Å²) in [5.74, 6) is 0. The Labute approximate surface area is 96.2 Å². The van der Waals surface area contributed by atoms with Crippen molar-refractivity contribution in [2.75, 3.05) is 32.5 Å². The molecule has 0 aromatic carbocycles. The van der Waals surface area contributed by atoms with Crippen LogP contribution in [0.4, 0.5) is 5.69 Å². The topological polar surface area (TPSA) is 56.3 Å². The van der Waals surface area contributed by atoms with Crippen molar-refractivity contribution in [1.29, 1.82) is 0 Å². The van der Waals surface area contributed by atoms with Crippen LogP contribution in [0.2, 0.25) is 0 Å². The van der Waals surface area contributed by atoms with Crippen LogP contribution in [-0.4, -0.2) is 47.5 Å². The van der Waals surface area contributed by atoms with Crippen molar-refractivity contribution in [3.63, 3.8) is 0 Å². The molecule has 16 heavy (non-hydrogen) atoms. The van der Waals surface area contributed by atoms with Crippen molar-refractivity contribution in [2.45, 2.75) is 25.5 Å². The predicted octanol–water partition coefficient (Wildman–Crippen LogP) is 0.576. The lowest BCUT2D eigenvalue weighted by molar-refractivity contribution is 0.0800. The van der Waals surface area contributed by atoms with Crippen molar-refractivity contribution in [2.24, 2.45) is 0 Å². The second-order valence-corrected chi connectivity index (χ2v) is 4.43. The number of hydrogen-bond donors (Lipinski definition) is 1. The van der Waals surface area contributed by atoms with Crippen LogP contribution in [0.5, 0.6) is 0 Å². The zero-order chi connectivity index (χ0) is 11.4. The van der Waals surface area contributed by atoms with Gasteiger partial charge >= 0.3 is 0 Å². The van der Waals surface area contributed by atoms with E-state index in [1.165, 1.54) is 12.8 Å². The molecule has 5 nitrogen and oxygen atoms in total. The number of likely N-dealkylation sites (N-methyl/N-ethyl adjacent to an activating group) is 1. The minimum atomic E-state index is 0.424. The molecule has 0 saturated carbocycles. The summed E-state index contributed by atoms with van der Waals surface area (Å²) in [4.78, 5) is 2.29. The molecule has 2 N–H and O–H groups in total. The molecule has 1 atom stereocenters. The molecule has 2 heterocycles. The molecule has 1 aromatic rings. The van der Waals surface area contributed by atoms with Crippen molar-refractivity contribution >= 4 is 5.69 Å². The fourth-order valence-electron chi connectivity index (χ4n) is 2.00. The molecule has 0 aliphatic carbocycles. The second-order valence-electron chi connectivity index (χ2n) is 4.43. The summed E-state index contributed by atoms with van der Waals surface area (Å²) in [6, 6.07) is 0. The fourth-order valence-corrected chi connectivity index (χ4v) is 2.00. The first-order chi connectivity index (χ1) is 7.74. The lowest BCUT2D eigenvalue weighted by Crippen LogP contribution is -2.31. The lowest BCUT2D eigenvalue weighted by Gasteiger charge is -2.20. The molecule has 1 fully saturated rings. The number of nitrogens with zero attached hydrogens (tertiary/aromatic N) is 3. The molecule has 1 aliphatic heterocycles. The van der Waals surface area contributed by atoms with Crippen molar-refractivity contribution in [3.05, 3.63) is 12.4 Å². The van der Waals surface area contributed by atoms with Gasteiger partial charge < -0.3 is 15.4 Å². The molecule has 5 heteroatoms. The average Bonchev–Trinajstić information content (AvgIpc) is 2.87. The van der Waals surface area contributed by atoms with Gasteiger partial charge in [0, 0.05) is 25.9 Å². The summed E-state index contributed by atoms with van der Waals surface area (Å²) in [7, 11) is 2.12. The highest BCUT2D eigenvalue weighted by molar-refractivity contribution is 5.30. The molecule has 1 unspecified atom stereocenters. The van der Waals surface area contributed by atoms with Gasteiger partial charge in [-0.3, -0.25) is 4.68 Å². The van der Waals surface area contributed by atoms with Crippen LogP contribution in [0.1, 0.15) is 12.8 Å². The van der Waals surface area contributed by atoms with Gasteiger partial charge in [0.05, 0.1) is 24.5 Å². The van der Waals surface area contributed by atoms with E-state index in [9.17, 15) is 0 Å². The largest absolute Gasteiger partial charge is 0.396 e. The molecular weight excluding hydrogens is 204 g/mol.